The van der Waals surface area contributed by atoms with Crippen molar-refractivity contribution in [1.29, 1.82) is 0 Å². The normalized spacial score (nSPS) is 18.4. The third kappa shape index (κ3) is 2.43. The Morgan fingerprint density at radius 1 is 1.42 bits per heavy atom. The van der Waals surface area contributed by atoms with Gasteiger partial charge in [-0.05, 0) is 31.6 Å². The van der Waals surface area contributed by atoms with Crippen LogP contribution in [0.5, 0.6) is 0 Å². The molecule has 0 atom stereocenters. The van der Waals surface area contributed by atoms with Gasteiger partial charge < -0.3 is 5.32 Å². The van der Waals surface area contributed by atoms with E-state index < -0.39 is 0 Å². The number of hydrogen-bond donors (Lipinski definition) is 1. The maximum absolute atomic E-state index is 4.60. The van der Waals surface area contributed by atoms with Crippen LogP contribution < -0.4 is 5.32 Å². The Morgan fingerprint density at radius 3 is 2.95 bits per heavy atom. The van der Waals surface area contributed by atoms with E-state index in [0.29, 0.717) is 5.41 Å². The smallest absolute Gasteiger partial charge is 0.194 e. The van der Waals surface area contributed by atoms with Crippen molar-refractivity contribution in [3.8, 4) is 0 Å². The Balaban J connectivity index is 1.66. The molecule has 1 fully saturated rings. The topological polar surface area (TPSA) is 29.3 Å². The molecule has 0 saturated heterocycles. The van der Waals surface area contributed by atoms with Crippen LogP contribution in [0.1, 0.15) is 50.4 Å². The van der Waals surface area contributed by atoms with E-state index in [0.717, 1.165) is 23.7 Å². The van der Waals surface area contributed by atoms with Crippen LogP contribution in [0.25, 0.3) is 4.96 Å². The summed E-state index contributed by atoms with van der Waals surface area (Å²) in [6.45, 7) is 6.54. The minimum Gasteiger partial charge on any atom is -0.311 e. The predicted octanol–water partition coefficient (Wildman–Crippen LogP) is 3.76. The maximum atomic E-state index is 4.60. The number of aromatic nitrogens is 2. The second-order valence-electron chi connectivity index (χ2n) is 5.86. The lowest BCUT2D eigenvalue weighted by atomic mass is 9.83. The van der Waals surface area contributed by atoms with E-state index >= 15 is 0 Å². The molecule has 3 nitrogen and oxygen atoms in total. The molecule has 0 aromatic carbocycles. The lowest BCUT2D eigenvalue weighted by molar-refractivity contribution is 0.267. The summed E-state index contributed by atoms with van der Waals surface area (Å²) in [6, 6.07) is 0. The van der Waals surface area contributed by atoms with Crippen LogP contribution in [-0.4, -0.2) is 15.9 Å². The number of fused-ring (bicyclic) bond motifs is 1. The summed E-state index contributed by atoms with van der Waals surface area (Å²) in [5, 5.41) is 5.79. The monoisotopic (exact) mass is 277 g/mol. The minimum atomic E-state index is 0.562. The van der Waals surface area contributed by atoms with Crippen LogP contribution in [0, 0.1) is 12.3 Å². The summed E-state index contributed by atoms with van der Waals surface area (Å²) in [5.74, 6) is 0. The molecule has 2 aromatic rings. The van der Waals surface area contributed by atoms with E-state index in [4.69, 9.17) is 0 Å². The van der Waals surface area contributed by atoms with Crippen LogP contribution in [-0.2, 0) is 6.54 Å². The van der Waals surface area contributed by atoms with Gasteiger partial charge in [0.1, 0.15) is 0 Å². The summed E-state index contributed by atoms with van der Waals surface area (Å²) >= 11 is 1.71. The highest BCUT2D eigenvalue weighted by molar-refractivity contribution is 7.15. The Kier molecular flexibility index (Phi) is 3.63. The van der Waals surface area contributed by atoms with Crippen molar-refractivity contribution < 1.29 is 0 Å². The van der Waals surface area contributed by atoms with Crippen molar-refractivity contribution in [2.75, 3.05) is 6.54 Å². The van der Waals surface area contributed by atoms with Crippen molar-refractivity contribution in [3.05, 3.63) is 23.0 Å². The number of thiazole rings is 1. The number of imidazole rings is 1. The first-order valence-corrected chi connectivity index (χ1v) is 8.24. The van der Waals surface area contributed by atoms with E-state index in [2.05, 4.69) is 40.1 Å². The Morgan fingerprint density at radius 2 is 2.21 bits per heavy atom. The van der Waals surface area contributed by atoms with Crippen molar-refractivity contribution in [2.45, 2.75) is 52.5 Å². The molecule has 0 radical (unpaired) electrons. The van der Waals surface area contributed by atoms with E-state index in [1.165, 1.54) is 37.8 Å². The zero-order valence-electron chi connectivity index (χ0n) is 11.9. The van der Waals surface area contributed by atoms with Gasteiger partial charge in [0.15, 0.2) is 4.96 Å². The highest BCUT2D eigenvalue weighted by atomic mass is 32.1. The standard InChI is InChI=1S/C15H23N3S/c1-3-15(6-4-5-7-15)11-16-10-13-12(2)17-14-18(13)8-9-19-14/h8-9,16H,3-7,10-11H2,1-2H3. The summed E-state index contributed by atoms with van der Waals surface area (Å²) in [5.41, 5.74) is 3.05. The van der Waals surface area contributed by atoms with Crippen LogP contribution >= 0.6 is 11.3 Å². The lowest BCUT2D eigenvalue weighted by Crippen LogP contribution is -2.31. The first-order chi connectivity index (χ1) is 9.24. The number of aryl methyl sites for hydroxylation is 1. The van der Waals surface area contributed by atoms with Crippen LogP contribution in [0.2, 0.25) is 0 Å². The molecule has 1 aliphatic carbocycles. The Labute approximate surface area is 119 Å². The molecule has 2 heterocycles. The molecule has 3 rings (SSSR count). The van der Waals surface area contributed by atoms with Crippen molar-refractivity contribution >= 4 is 16.3 Å². The van der Waals surface area contributed by atoms with Gasteiger partial charge in [-0.2, -0.15) is 0 Å². The number of nitrogens with one attached hydrogen (secondary N) is 1. The van der Waals surface area contributed by atoms with E-state index in [1.54, 1.807) is 11.3 Å². The van der Waals surface area contributed by atoms with E-state index in [1.807, 2.05) is 0 Å². The highest BCUT2D eigenvalue weighted by Gasteiger charge is 2.31. The van der Waals surface area contributed by atoms with Gasteiger partial charge >= 0.3 is 0 Å². The predicted molar refractivity (Wildman–Crippen MR) is 80.7 cm³/mol. The molecule has 0 amide bonds. The zero-order valence-corrected chi connectivity index (χ0v) is 12.7. The fourth-order valence-corrected chi connectivity index (χ4v) is 4.16. The number of hydrogen-bond acceptors (Lipinski definition) is 3. The SMILES string of the molecule is CCC1(CNCc2c(C)nc3sccn23)CCCC1. The molecule has 2 aromatic heterocycles. The van der Waals surface area contributed by atoms with E-state index in [9.17, 15) is 0 Å². The lowest BCUT2D eigenvalue weighted by Gasteiger charge is -2.27. The van der Waals surface area contributed by atoms with Gasteiger partial charge in [-0.25, -0.2) is 4.98 Å². The van der Waals surface area contributed by atoms with Gasteiger partial charge in [-0.3, -0.25) is 4.40 Å². The quantitative estimate of drug-likeness (QED) is 0.901. The van der Waals surface area contributed by atoms with Crippen molar-refractivity contribution in [1.82, 2.24) is 14.7 Å². The molecule has 104 valence electrons. The van der Waals surface area contributed by atoms with Gasteiger partial charge in [-0.1, -0.05) is 19.8 Å². The molecule has 0 spiro atoms. The van der Waals surface area contributed by atoms with E-state index in [-0.39, 0.29) is 0 Å². The first kappa shape index (κ1) is 13.1. The molecular formula is C15H23N3S. The van der Waals surface area contributed by atoms with Gasteiger partial charge in [0.25, 0.3) is 0 Å². The minimum absolute atomic E-state index is 0.562. The largest absolute Gasteiger partial charge is 0.311 e. The number of rotatable bonds is 5. The molecule has 0 bridgehead atoms. The van der Waals surface area contributed by atoms with Gasteiger partial charge in [0.2, 0.25) is 0 Å². The van der Waals surface area contributed by atoms with Gasteiger partial charge in [0.05, 0.1) is 11.4 Å². The average Bonchev–Trinajstić information content (AvgIpc) is 3.08. The highest BCUT2D eigenvalue weighted by Crippen LogP contribution is 2.40. The fourth-order valence-electron chi connectivity index (χ4n) is 3.38. The summed E-state index contributed by atoms with van der Waals surface area (Å²) in [4.78, 5) is 5.71. The van der Waals surface area contributed by atoms with Crippen LogP contribution in [0.4, 0.5) is 0 Å². The zero-order chi connectivity index (χ0) is 13.3. The third-order valence-electron chi connectivity index (χ3n) is 4.77. The Hall–Kier alpha value is -0.870. The molecule has 1 aliphatic rings. The molecule has 1 saturated carbocycles. The second kappa shape index (κ2) is 5.25. The van der Waals surface area contributed by atoms with Crippen LogP contribution in [0.3, 0.4) is 0 Å². The Bertz CT molecular complexity index is 549. The first-order valence-electron chi connectivity index (χ1n) is 7.36. The second-order valence-corrected chi connectivity index (χ2v) is 6.74. The van der Waals surface area contributed by atoms with Crippen molar-refractivity contribution in [3.63, 3.8) is 0 Å². The fraction of sp³-hybridized carbons (Fsp3) is 0.667. The maximum Gasteiger partial charge on any atom is 0.194 e. The average molecular weight is 277 g/mol. The molecule has 19 heavy (non-hydrogen) atoms. The summed E-state index contributed by atoms with van der Waals surface area (Å²) < 4.78 is 2.22. The van der Waals surface area contributed by atoms with Gasteiger partial charge in [0, 0.05) is 24.7 Å². The summed E-state index contributed by atoms with van der Waals surface area (Å²) in [7, 11) is 0. The summed E-state index contributed by atoms with van der Waals surface area (Å²) in [6.07, 6.45) is 9.05. The number of nitrogens with zero attached hydrogens (tertiary/aromatic N) is 2. The molecule has 0 aliphatic heterocycles. The third-order valence-corrected chi connectivity index (χ3v) is 5.52. The molecular weight excluding hydrogens is 254 g/mol. The van der Waals surface area contributed by atoms with Crippen molar-refractivity contribution in [2.24, 2.45) is 5.41 Å². The molecule has 4 heteroatoms. The van der Waals surface area contributed by atoms with Crippen LogP contribution in [0.15, 0.2) is 11.6 Å². The molecule has 1 N–H and O–H groups in total. The molecule has 0 unspecified atom stereocenters. The van der Waals surface area contributed by atoms with Gasteiger partial charge in [-0.15, -0.1) is 11.3 Å².